The van der Waals surface area contributed by atoms with E-state index < -0.39 is 0 Å². The lowest BCUT2D eigenvalue weighted by Gasteiger charge is -2.29. The zero-order chi connectivity index (χ0) is 19.1. The highest BCUT2D eigenvalue weighted by molar-refractivity contribution is 14.0. The number of ether oxygens (including phenoxy) is 1. The van der Waals surface area contributed by atoms with Crippen LogP contribution in [0.4, 0.5) is 10.1 Å². The van der Waals surface area contributed by atoms with Crippen LogP contribution < -0.4 is 10.2 Å². The van der Waals surface area contributed by atoms with Gasteiger partial charge in [0.2, 0.25) is 0 Å². The van der Waals surface area contributed by atoms with Crippen LogP contribution in [0, 0.1) is 5.82 Å². The highest BCUT2D eigenvalue weighted by Gasteiger charge is 2.15. The van der Waals surface area contributed by atoms with E-state index in [1.54, 1.807) is 24.5 Å². The molecule has 1 saturated heterocycles. The maximum atomic E-state index is 14.5. The summed E-state index contributed by atoms with van der Waals surface area (Å²) in [6, 6.07) is 9.66. The number of likely N-dealkylation sites (N-methyl/N-ethyl adjacent to an activating group) is 1. The van der Waals surface area contributed by atoms with Crippen molar-refractivity contribution in [1.82, 2.24) is 10.2 Å². The number of guanidine groups is 1. The summed E-state index contributed by atoms with van der Waals surface area (Å²) in [4.78, 5) is 9.83. The van der Waals surface area contributed by atoms with Crippen molar-refractivity contribution in [1.29, 1.82) is 0 Å². The van der Waals surface area contributed by atoms with Gasteiger partial charge in [-0.3, -0.25) is 4.99 Å². The largest absolute Gasteiger partial charge is 0.378 e. The van der Waals surface area contributed by atoms with Crippen molar-refractivity contribution in [2.45, 2.75) is 13.0 Å². The molecule has 0 saturated carbocycles. The summed E-state index contributed by atoms with van der Waals surface area (Å²) < 4.78 is 19.9. The fraction of sp³-hybridized carbons (Fsp3) is 0.450. The Balaban J connectivity index is 0.00000280. The lowest BCUT2D eigenvalue weighted by Crippen LogP contribution is -2.39. The van der Waals surface area contributed by atoms with Crippen LogP contribution in [0.25, 0.3) is 0 Å². The van der Waals surface area contributed by atoms with Gasteiger partial charge in [-0.05, 0) is 35.6 Å². The predicted octanol–water partition coefficient (Wildman–Crippen LogP) is 3.59. The lowest BCUT2D eigenvalue weighted by molar-refractivity contribution is 0.122. The first-order valence-corrected chi connectivity index (χ1v) is 10.1. The van der Waals surface area contributed by atoms with E-state index in [0.717, 1.165) is 37.6 Å². The number of hydrogen-bond acceptors (Lipinski definition) is 4. The number of aliphatic imine (C=N–C) groups is 1. The number of anilines is 1. The van der Waals surface area contributed by atoms with E-state index >= 15 is 0 Å². The van der Waals surface area contributed by atoms with Gasteiger partial charge >= 0.3 is 0 Å². The summed E-state index contributed by atoms with van der Waals surface area (Å²) in [5, 5.41) is 5.42. The van der Waals surface area contributed by atoms with Crippen molar-refractivity contribution in [3.63, 3.8) is 0 Å². The van der Waals surface area contributed by atoms with Gasteiger partial charge in [0.1, 0.15) is 5.82 Å². The topological polar surface area (TPSA) is 40.1 Å². The number of hydrogen-bond donors (Lipinski definition) is 1. The monoisotopic (exact) mass is 518 g/mol. The molecule has 5 nitrogen and oxygen atoms in total. The molecule has 0 atom stereocenters. The number of nitrogens with one attached hydrogen (secondary N) is 1. The average Bonchev–Trinajstić information content (AvgIpc) is 3.21. The first-order valence-electron chi connectivity index (χ1n) is 9.22. The molecule has 0 spiro atoms. The van der Waals surface area contributed by atoms with E-state index in [2.05, 4.69) is 32.7 Å². The molecule has 0 unspecified atom stereocenters. The molecule has 1 aromatic heterocycles. The minimum atomic E-state index is -0.183. The fourth-order valence-corrected chi connectivity index (χ4v) is 3.82. The third-order valence-corrected chi connectivity index (χ3v) is 5.60. The van der Waals surface area contributed by atoms with Crippen LogP contribution in [0.15, 0.2) is 40.7 Å². The number of morpholine rings is 1. The predicted molar refractivity (Wildman–Crippen MR) is 126 cm³/mol. The summed E-state index contributed by atoms with van der Waals surface area (Å²) >= 11 is 1.77. The average molecular weight is 518 g/mol. The highest BCUT2D eigenvalue weighted by Crippen LogP contribution is 2.21. The SMILES string of the molecule is CN=C(NCc1ccc(N2CCOCC2)c(F)c1)N(C)CCc1cccs1.I. The second-order valence-corrected chi connectivity index (χ2v) is 7.57. The normalized spacial score (nSPS) is 14.5. The van der Waals surface area contributed by atoms with Crippen molar-refractivity contribution in [2.75, 3.05) is 51.8 Å². The van der Waals surface area contributed by atoms with Gasteiger partial charge in [0, 0.05) is 45.2 Å². The molecule has 1 aliphatic heterocycles. The highest BCUT2D eigenvalue weighted by atomic mass is 127. The third kappa shape index (κ3) is 6.31. The molecule has 2 heterocycles. The van der Waals surface area contributed by atoms with Crippen molar-refractivity contribution >= 4 is 47.0 Å². The van der Waals surface area contributed by atoms with E-state index in [1.807, 2.05) is 24.1 Å². The van der Waals surface area contributed by atoms with Crippen molar-refractivity contribution in [3.05, 3.63) is 52.0 Å². The van der Waals surface area contributed by atoms with Crippen LogP contribution in [0.2, 0.25) is 0 Å². The standard InChI is InChI=1S/C20H27FN4OS.HI/c1-22-20(24(2)8-7-17-4-3-13-27-17)23-15-16-5-6-19(18(21)14-16)25-9-11-26-12-10-25;/h3-6,13-14H,7-12,15H2,1-2H3,(H,22,23);1H. The summed E-state index contributed by atoms with van der Waals surface area (Å²) in [5.41, 5.74) is 1.55. The molecule has 1 aliphatic rings. The minimum absolute atomic E-state index is 0. The Labute approximate surface area is 187 Å². The molecule has 1 N–H and O–H groups in total. The number of nitrogens with zero attached hydrogens (tertiary/aromatic N) is 3. The van der Waals surface area contributed by atoms with Crippen LogP contribution >= 0.6 is 35.3 Å². The van der Waals surface area contributed by atoms with Crippen LogP contribution in [0.3, 0.4) is 0 Å². The first kappa shape index (κ1) is 22.9. The van der Waals surface area contributed by atoms with Gasteiger partial charge in [0.25, 0.3) is 0 Å². The molecule has 154 valence electrons. The second kappa shape index (κ2) is 11.6. The Kier molecular flexibility index (Phi) is 9.46. The summed E-state index contributed by atoms with van der Waals surface area (Å²) in [7, 11) is 3.79. The molecule has 0 aliphatic carbocycles. The van der Waals surface area contributed by atoms with E-state index in [-0.39, 0.29) is 29.8 Å². The van der Waals surface area contributed by atoms with E-state index in [1.165, 1.54) is 4.88 Å². The molecule has 1 aromatic carbocycles. The van der Waals surface area contributed by atoms with Gasteiger partial charge in [0.15, 0.2) is 5.96 Å². The van der Waals surface area contributed by atoms with Crippen LogP contribution in [0.5, 0.6) is 0 Å². The summed E-state index contributed by atoms with van der Waals surface area (Å²) in [5.74, 6) is 0.626. The van der Waals surface area contributed by atoms with Gasteiger partial charge in [-0.1, -0.05) is 12.1 Å². The number of rotatable bonds is 6. The van der Waals surface area contributed by atoms with Crippen LogP contribution in [-0.2, 0) is 17.7 Å². The lowest BCUT2D eigenvalue weighted by atomic mass is 10.1. The molecule has 0 amide bonds. The summed E-state index contributed by atoms with van der Waals surface area (Å²) in [6.45, 7) is 4.18. The molecule has 3 rings (SSSR count). The molecule has 0 bridgehead atoms. The van der Waals surface area contributed by atoms with Gasteiger partial charge in [-0.15, -0.1) is 35.3 Å². The zero-order valence-electron chi connectivity index (χ0n) is 16.4. The Morgan fingerprint density at radius 3 is 2.75 bits per heavy atom. The maximum absolute atomic E-state index is 14.5. The zero-order valence-corrected chi connectivity index (χ0v) is 19.5. The third-order valence-electron chi connectivity index (χ3n) is 4.66. The fourth-order valence-electron chi connectivity index (χ4n) is 3.13. The molecule has 2 aromatic rings. The second-order valence-electron chi connectivity index (χ2n) is 6.54. The number of thiophene rings is 1. The Morgan fingerprint density at radius 2 is 2.11 bits per heavy atom. The van der Waals surface area contributed by atoms with Crippen LogP contribution in [-0.4, -0.2) is 57.8 Å². The molecule has 28 heavy (non-hydrogen) atoms. The van der Waals surface area contributed by atoms with Gasteiger partial charge in [0.05, 0.1) is 18.9 Å². The van der Waals surface area contributed by atoms with E-state index in [9.17, 15) is 4.39 Å². The number of benzene rings is 1. The molecular weight excluding hydrogens is 490 g/mol. The molecule has 1 fully saturated rings. The van der Waals surface area contributed by atoms with Crippen LogP contribution in [0.1, 0.15) is 10.4 Å². The van der Waals surface area contributed by atoms with Gasteiger partial charge < -0.3 is 19.9 Å². The quantitative estimate of drug-likeness (QED) is 0.361. The maximum Gasteiger partial charge on any atom is 0.193 e. The molecular formula is C20H28FIN4OS. The minimum Gasteiger partial charge on any atom is -0.378 e. The van der Waals surface area contributed by atoms with Crippen molar-refractivity contribution in [2.24, 2.45) is 4.99 Å². The Hall–Kier alpha value is -1.39. The van der Waals surface area contributed by atoms with Gasteiger partial charge in [-0.25, -0.2) is 4.39 Å². The Bertz CT molecular complexity index is 751. The Morgan fingerprint density at radius 1 is 1.32 bits per heavy atom. The molecule has 8 heteroatoms. The van der Waals surface area contributed by atoms with Gasteiger partial charge in [-0.2, -0.15) is 0 Å². The summed E-state index contributed by atoms with van der Waals surface area (Å²) in [6.07, 6.45) is 0.984. The molecule has 0 radical (unpaired) electrons. The van der Waals surface area contributed by atoms with E-state index in [0.29, 0.717) is 25.4 Å². The van der Waals surface area contributed by atoms with Crippen molar-refractivity contribution < 1.29 is 9.13 Å². The number of halogens is 2. The smallest absolute Gasteiger partial charge is 0.193 e. The van der Waals surface area contributed by atoms with Crippen molar-refractivity contribution in [3.8, 4) is 0 Å². The van der Waals surface area contributed by atoms with E-state index in [4.69, 9.17) is 4.74 Å². The first-order chi connectivity index (χ1) is 13.2.